The minimum Gasteiger partial charge on any atom is -0.462 e. The van der Waals surface area contributed by atoms with E-state index in [-0.39, 0.29) is 19.1 Å². The van der Waals surface area contributed by atoms with Crippen LogP contribution in [0.15, 0.2) is 54.6 Å². The molecule has 4 aromatic rings. The van der Waals surface area contributed by atoms with Crippen LogP contribution in [-0.2, 0) is 23.1 Å². The van der Waals surface area contributed by atoms with Crippen molar-refractivity contribution in [2.24, 2.45) is 7.05 Å². The summed E-state index contributed by atoms with van der Waals surface area (Å²) in [6, 6.07) is 19.3. The smallest absolute Gasteiger partial charge is 0.407 e. The summed E-state index contributed by atoms with van der Waals surface area (Å²) < 4.78 is 13.0. The molecule has 0 radical (unpaired) electrons. The van der Waals surface area contributed by atoms with E-state index in [0.717, 1.165) is 29.3 Å². The second kappa shape index (κ2) is 10.8. The maximum Gasteiger partial charge on any atom is 0.407 e. The second-order valence-corrected chi connectivity index (χ2v) is 11.4. The van der Waals surface area contributed by atoms with Crippen molar-refractivity contribution in [2.75, 3.05) is 6.61 Å². The van der Waals surface area contributed by atoms with Gasteiger partial charge in [-0.1, -0.05) is 55.3 Å². The molecule has 1 heterocycles. The minimum atomic E-state index is -0.615. The molecule has 1 amide bonds. The Balaban J connectivity index is 1.71. The van der Waals surface area contributed by atoms with Gasteiger partial charge >= 0.3 is 12.1 Å². The predicted molar refractivity (Wildman–Crippen MR) is 156 cm³/mol. The Morgan fingerprint density at radius 3 is 2.41 bits per heavy atom. The van der Waals surface area contributed by atoms with E-state index in [1.807, 2.05) is 32.4 Å². The number of ether oxygens (including phenoxy) is 2. The third kappa shape index (κ3) is 5.38. The zero-order chi connectivity index (χ0) is 27.7. The number of benzene rings is 3. The molecule has 0 bridgehead atoms. The number of nitrogens with one attached hydrogen (secondary N) is 1. The number of carbonyl (C=O) groups excluding carboxylic acids is 2. The molecule has 1 saturated carbocycles. The van der Waals surface area contributed by atoms with E-state index in [2.05, 4.69) is 59.9 Å². The number of esters is 1. The molecular formula is C33H38N2O4. The van der Waals surface area contributed by atoms with Crippen LogP contribution in [-0.4, -0.2) is 28.8 Å². The summed E-state index contributed by atoms with van der Waals surface area (Å²) in [4.78, 5) is 25.9. The molecule has 0 unspecified atom stereocenters. The quantitative estimate of drug-likeness (QED) is 0.260. The van der Waals surface area contributed by atoms with Crippen molar-refractivity contribution in [1.29, 1.82) is 0 Å². The summed E-state index contributed by atoms with van der Waals surface area (Å²) in [6.45, 7) is 7.70. The molecule has 1 fully saturated rings. The molecule has 1 aliphatic rings. The van der Waals surface area contributed by atoms with Crippen LogP contribution >= 0.6 is 0 Å². The Kier molecular flexibility index (Phi) is 7.39. The highest BCUT2D eigenvalue weighted by Gasteiger charge is 2.28. The van der Waals surface area contributed by atoms with Crippen LogP contribution in [0.1, 0.15) is 80.9 Å². The third-order valence-corrected chi connectivity index (χ3v) is 7.65. The van der Waals surface area contributed by atoms with Gasteiger partial charge in [-0.15, -0.1) is 0 Å². The van der Waals surface area contributed by atoms with Crippen molar-refractivity contribution in [1.82, 2.24) is 9.88 Å². The zero-order valence-electron chi connectivity index (χ0n) is 23.6. The molecule has 1 N–H and O–H groups in total. The van der Waals surface area contributed by atoms with Gasteiger partial charge in [0.1, 0.15) is 5.60 Å². The van der Waals surface area contributed by atoms with Gasteiger partial charge in [-0.2, -0.15) is 0 Å². The molecule has 0 aliphatic heterocycles. The van der Waals surface area contributed by atoms with Gasteiger partial charge in [0.25, 0.3) is 0 Å². The van der Waals surface area contributed by atoms with Crippen molar-refractivity contribution in [3.63, 3.8) is 0 Å². The molecule has 0 spiro atoms. The zero-order valence-corrected chi connectivity index (χ0v) is 23.6. The van der Waals surface area contributed by atoms with Gasteiger partial charge in [0.2, 0.25) is 0 Å². The first kappa shape index (κ1) is 26.8. The number of carbonyl (C=O) groups is 2. The summed E-state index contributed by atoms with van der Waals surface area (Å²) in [7, 11) is 1.95. The maximum atomic E-state index is 13.4. The molecule has 39 heavy (non-hydrogen) atoms. The van der Waals surface area contributed by atoms with Gasteiger partial charge in [-0.3, -0.25) is 0 Å². The van der Waals surface area contributed by atoms with E-state index in [0.29, 0.717) is 17.2 Å². The van der Waals surface area contributed by atoms with Crippen LogP contribution in [0.3, 0.4) is 0 Å². The Morgan fingerprint density at radius 1 is 0.974 bits per heavy atom. The van der Waals surface area contributed by atoms with E-state index in [9.17, 15) is 9.59 Å². The lowest BCUT2D eigenvalue weighted by molar-refractivity contribution is 0.0502. The lowest BCUT2D eigenvalue weighted by Gasteiger charge is -2.20. The summed E-state index contributed by atoms with van der Waals surface area (Å²) >= 11 is 0. The fraction of sp³-hybridized carbons (Fsp3) is 0.394. The van der Waals surface area contributed by atoms with Crippen LogP contribution in [0.5, 0.6) is 0 Å². The fourth-order valence-corrected chi connectivity index (χ4v) is 5.93. The van der Waals surface area contributed by atoms with Gasteiger partial charge in [-0.05, 0) is 86.1 Å². The monoisotopic (exact) mass is 526 g/mol. The van der Waals surface area contributed by atoms with E-state index >= 15 is 0 Å². The van der Waals surface area contributed by atoms with E-state index in [1.54, 1.807) is 6.92 Å². The molecule has 1 aliphatic carbocycles. The van der Waals surface area contributed by atoms with Gasteiger partial charge in [0, 0.05) is 18.0 Å². The largest absolute Gasteiger partial charge is 0.462 e. The predicted octanol–water partition coefficient (Wildman–Crippen LogP) is 7.86. The van der Waals surface area contributed by atoms with Gasteiger partial charge < -0.3 is 19.4 Å². The van der Waals surface area contributed by atoms with E-state index in [1.165, 1.54) is 34.7 Å². The van der Waals surface area contributed by atoms with Gasteiger partial charge in [0.15, 0.2) is 0 Å². The van der Waals surface area contributed by atoms with Crippen LogP contribution in [0.4, 0.5) is 4.79 Å². The highest BCUT2D eigenvalue weighted by atomic mass is 16.6. The Morgan fingerprint density at radius 2 is 1.69 bits per heavy atom. The number of alkyl carbamates (subject to hydrolysis) is 1. The van der Waals surface area contributed by atoms with Crippen molar-refractivity contribution < 1.29 is 19.1 Å². The van der Waals surface area contributed by atoms with Crippen molar-refractivity contribution >= 4 is 33.7 Å². The van der Waals surface area contributed by atoms with Crippen LogP contribution < -0.4 is 5.32 Å². The van der Waals surface area contributed by atoms with Crippen LogP contribution in [0, 0.1) is 0 Å². The Hall–Kier alpha value is -3.80. The standard InChI is InChI=1S/C33H38N2O4/c1-6-38-31(36)30-27-18-26(24-17-11-15-21-12-9-10-16-23(21)24)25(22-13-7-8-14-22)19-28(27)35(5)29(30)20-34-32(37)39-33(2,3)4/h9-12,15-19,22H,6-8,13-14,20H2,1-5H3,(H,34,37). The normalized spacial score (nSPS) is 14.2. The molecular weight excluding hydrogens is 488 g/mol. The first-order valence-electron chi connectivity index (χ1n) is 13.9. The average Bonchev–Trinajstić information content (AvgIpc) is 3.52. The SMILES string of the molecule is CCOC(=O)c1c(CNC(=O)OC(C)(C)C)n(C)c2cc(C3CCCC3)c(-c3cccc4ccccc34)cc12. The molecule has 0 saturated heterocycles. The maximum absolute atomic E-state index is 13.4. The summed E-state index contributed by atoms with van der Waals surface area (Å²) in [5.41, 5.74) is 5.19. The number of aryl methyl sites for hydroxylation is 1. The van der Waals surface area contributed by atoms with Crippen molar-refractivity contribution in [2.45, 2.75) is 71.4 Å². The number of hydrogen-bond acceptors (Lipinski definition) is 4. The number of fused-ring (bicyclic) bond motifs is 2. The van der Waals surface area contributed by atoms with Gasteiger partial charge in [0.05, 0.1) is 24.4 Å². The Labute approximate surface area is 230 Å². The highest BCUT2D eigenvalue weighted by molar-refractivity contribution is 6.09. The summed E-state index contributed by atoms with van der Waals surface area (Å²) in [5, 5.41) is 6.06. The van der Waals surface area contributed by atoms with Gasteiger partial charge in [-0.25, -0.2) is 9.59 Å². The van der Waals surface area contributed by atoms with E-state index in [4.69, 9.17) is 9.47 Å². The molecule has 204 valence electrons. The topological polar surface area (TPSA) is 69.6 Å². The first-order valence-corrected chi connectivity index (χ1v) is 13.9. The lowest BCUT2D eigenvalue weighted by atomic mass is 9.86. The number of aromatic nitrogens is 1. The lowest BCUT2D eigenvalue weighted by Crippen LogP contribution is -2.33. The van der Waals surface area contributed by atoms with Crippen LogP contribution in [0.2, 0.25) is 0 Å². The van der Waals surface area contributed by atoms with Crippen molar-refractivity contribution in [3.8, 4) is 11.1 Å². The molecule has 5 rings (SSSR count). The third-order valence-electron chi connectivity index (χ3n) is 7.65. The average molecular weight is 527 g/mol. The highest BCUT2D eigenvalue weighted by Crippen LogP contribution is 2.44. The number of amides is 1. The van der Waals surface area contributed by atoms with Crippen LogP contribution in [0.25, 0.3) is 32.8 Å². The Bertz CT molecular complexity index is 1530. The first-order chi connectivity index (χ1) is 18.7. The minimum absolute atomic E-state index is 0.149. The molecule has 0 atom stereocenters. The van der Waals surface area contributed by atoms with E-state index < -0.39 is 11.7 Å². The van der Waals surface area contributed by atoms with Crippen molar-refractivity contribution in [3.05, 3.63) is 71.4 Å². The number of hydrogen-bond donors (Lipinski definition) is 1. The molecule has 6 nitrogen and oxygen atoms in total. The molecule has 3 aromatic carbocycles. The molecule has 6 heteroatoms. The summed E-state index contributed by atoms with van der Waals surface area (Å²) in [5.74, 6) is 0.0780. The fourth-order valence-electron chi connectivity index (χ4n) is 5.93. The second-order valence-electron chi connectivity index (χ2n) is 11.4. The summed E-state index contributed by atoms with van der Waals surface area (Å²) in [6.07, 6.45) is 4.25. The number of rotatable bonds is 6. The molecule has 1 aromatic heterocycles. The number of nitrogens with zero attached hydrogens (tertiary/aromatic N) is 1.